The molecule has 4 nitrogen and oxygen atoms in total. The topological polar surface area (TPSA) is 49.8 Å². The van der Waals surface area contributed by atoms with Crippen LogP contribution in [-0.2, 0) is 6.54 Å². The summed E-state index contributed by atoms with van der Waals surface area (Å²) in [6.07, 6.45) is 1.90. The molecule has 2 aromatic carbocycles. The van der Waals surface area contributed by atoms with E-state index >= 15 is 0 Å². The first kappa shape index (κ1) is 17.8. The Kier molecular flexibility index (Phi) is 5.61. The number of aromatic hydroxyl groups is 1. The molecular formula is C20H22ClNO3. The molecule has 2 aromatic rings. The van der Waals surface area contributed by atoms with Crippen molar-refractivity contribution in [3.8, 4) is 11.5 Å². The van der Waals surface area contributed by atoms with E-state index in [2.05, 4.69) is 4.90 Å². The summed E-state index contributed by atoms with van der Waals surface area (Å²) >= 11 is 5.90. The molecule has 132 valence electrons. The fourth-order valence-corrected chi connectivity index (χ4v) is 3.48. The lowest BCUT2D eigenvalue weighted by Crippen LogP contribution is -2.38. The van der Waals surface area contributed by atoms with Gasteiger partial charge in [-0.25, -0.2) is 0 Å². The Labute approximate surface area is 153 Å². The van der Waals surface area contributed by atoms with Crippen LogP contribution in [0, 0.1) is 5.92 Å². The fourth-order valence-electron chi connectivity index (χ4n) is 3.36. The normalized spacial score (nSPS) is 18.1. The highest BCUT2D eigenvalue weighted by atomic mass is 35.5. The summed E-state index contributed by atoms with van der Waals surface area (Å²) in [5, 5.41) is 10.6. The van der Waals surface area contributed by atoms with Crippen LogP contribution in [0.4, 0.5) is 0 Å². The lowest BCUT2D eigenvalue weighted by Gasteiger charge is -2.32. The number of carbonyl (C=O) groups excluding carboxylic acids is 1. The number of ketones is 1. The Morgan fingerprint density at radius 2 is 2.04 bits per heavy atom. The fraction of sp³-hybridized carbons (Fsp3) is 0.350. The van der Waals surface area contributed by atoms with Gasteiger partial charge in [-0.1, -0.05) is 17.7 Å². The standard InChI is InChI=1S/C20H22ClNO3/c1-25-19-9-4-14(11-18(19)23)12-22-10-2-3-16(13-22)20(24)15-5-7-17(21)8-6-15/h4-9,11,16,23H,2-3,10,12-13H2,1H3. The van der Waals surface area contributed by atoms with E-state index in [1.165, 1.54) is 7.11 Å². The van der Waals surface area contributed by atoms with Crippen LogP contribution in [0.1, 0.15) is 28.8 Å². The maximum atomic E-state index is 12.7. The van der Waals surface area contributed by atoms with Crippen molar-refractivity contribution in [1.82, 2.24) is 4.90 Å². The van der Waals surface area contributed by atoms with Gasteiger partial charge in [0.25, 0.3) is 0 Å². The number of ether oxygens (including phenoxy) is 1. The third kappa shape index (κ3) is 4.33. The van der Waals surface area contributed by atoms with Crippen LogP contribution in [0.25, 0.3) is 0 Å². The second kappa shape index (κ2) is 7.89. The zero-order valence-corrected chi connectivity index (χ0v) is 15.0. The smallest absolute Gasteiger partial charge is 0.167 e. The molecule has 3 rings (SSSR count). The van der Waals surface area contributed by atoms with Gasteiger partial charge < -0.3 is 9.84 Å². The van der Waals surface area contributed by atoms with E-state index < -0.39 is 0 Å². The molecule has 1 fully saturated rings. The van der Waals surface area contributed by atoms with Gasteiger partial charge in [-0.15, -0.1) is 0 Å². The number of hydrogen-bond acceptors (Lipinski definition) is 4. The highest BCUT2D eigenvalue weighted by molar-refractivity contribution is 6.30. The summed E-state index contributed by atoms with van der Waals surface area (Å²) in [5.74, 6) is 0.796. The number of phenolic OH excluding ortho intramolecular Hbond substituents is 1. The Morgan fingerprint density at radius 1 is 1.28 bits per heavy atom. The van der Waals surface area contributed by atoms with Gasteiger partial charge in [0.05, 0.1) is 7.11 Å². The van der Waals surface area contributed by atoms with Gasteiger partial charge in [0, 0.05) is 29.6 Å². The van der Waals surface area contributed by atoms with E-state index in [1.807, 2.05) is 6.07 Å². The number of Topliss-reactive ketones (excluding diaryl/α,β-unsaturated/α-hetero) is 1. The second-order valence-corrected chi connectivity index (χ2v) is 6.89. The van der Waals surface area contributed by atoms with Crippen molar-refractivity contribution in [1.29, 1.82) is 0 Å². The van der Waals surface area contributed by atoms with Crippen LogP contribution in [0.3, 0.4) is 0 Å². The van der Waals surface area contributed by atoms with Crippen LogP contribution < -0.4 is 4.74 Å². The van der Waals surface area contributed by atoms with E-state index in [-0.39, 0.29) is 17.5 Å². The molecule has 0 saturated carbocycles. The summed E-state index contributed by atoms with van der Waals surface area (Å²) < 4.78 is 5.08. The van der Waals surface area contributed by atoms with E-state index in [1.54, 1.807) is 36.4 Å². The summed E-state index contributed by atoms with van der Waals surface area (Å²) in [7, 11) is 1.53. The summed E-state index contributed by atoms with van der Waals surface area (Å²) in [5.41, 5.74) is 1.73. The summed E-state index contributed by atoms with van der Waals surface area (Å²) in [6, 6.07) is 12.6. The predicted molar refractivity (Wildman–Crippen MR) is 98.4 cm³/mol. The maximum Gasteiger partial charge on any atom is 0.167 e. The summed E-state index contributed by atoms with van der Waals surface area (Å²) in [4.78, 5) is 15.0. The molecule has 1 aliphatic rings. The molecule has 1 heterocycles. The second-order valence-electron chi connectivity index (χ2n) is 6.45. The minimum Gasteiger partial charge on any atom is -0.504 e. The molecule has 1 aliphatic heterocycles. The molecule has 1 saturated heterocycles. The third-order valence-corrected chi connectivity index (χ3v) is 4.91. The number of nitrogens with zero attached hydrogens (tertiary/aromatic N) is 1. The lowest BCUT2D eigenvalue weighted by atomic mass is 9.90. The Hall–Kier alpha value is -2.04. The number of carbonyl (C=O) groups is 1. The molecule has 0 amide bonds. The third-order valence-electron chi connectivity index (χ3n) is 4.65. The van der Waals surface area contributed by atoms with E-state index in [0.29, 0.717) is 17.3 Å². The number of halogens is 1. The molecule has 25 heavy (non-hydrogen) atoms. The van der Waals surface area contributed by atoms with Crippen molar-refractivity contribution in [2.24, 2.45) is 5.92 Å². The van der Waals surface area contributed by atoms with Crippen LogP contribution in [-0.4, -0.2) is 36.0 Å². The maximum absolute atomic E-state index is 12.7. The Morgan fingerprint density at radius 3 is 2.72 bits per heavy atom. The molecule has 5 heteroatoms. The van der Waals surface area contributed by atoms with E-state index in [0.717, 1.165) is 37.1 Å². The van der Waals surface area contributed by atoms with Crippen molar-refractivity contribution in [2.75, 3.05) is 20.2 Å². The first-order valence-corrected chi connectivity index (χ1v) is 8.82. The average Bonchev–Trinajstić information content (AvgIpc) is 2.62. The zero-order valence-electron chi connectivity index (χ0n) is 14.2. The number of benzene rings is 2. The van der Waals surface area contributed by atoms with Crippen molar-refractivity contribution in [3.63, 3.8) is 0 Å². The molecule has 0 aromatic heterocycles. The Balaban J connectivity index is 1.65. The molecule has 1 atom stereocenters. The zero-order chi connectivity index (χ0) is 17.8. The SMILES string of the molecule is COc1ccc(CN2CCCC(C(=O)c3ccc(Cl)cc3)C2)cc1O. The molecular weight excluding hydrogens is 338 g/mol. The number of hydrogen-bond donors (Lipinski definition) is 1. The van der Waals surface area contributed by atoms with Crippen LogP contribution in [0.2, 0.25) is 5.02 Å². The van der Waals surface area contributed by atoms with E-state index in [4.69, 9.17) is 16.3 Å². The first-order valence-electron chi connectivity index (χ1n) is 8.45. The van der Waals surface area contributed by atoms with E-state index in [9.17, 15) is 9.90 Å². The minimum atomic E-state index is 0.00164. The van der Waals surface area contributed by atoms with Crippen molar-refractivity contribution in [2.45, 2.75) is 19.4 Å². The largest absolute Gasteiger partial charge is 0.504 e. The molecule has 1 N–H and O–H groups in total. The number of rotatable bonds is 5. The minimum absolute atomic E-state index is 0.00164. The highest BCUT2D eigenvalue weighted by Gasteiger charge is 2.26. The van der Waals surface area contributed by atoms with Gasteiger partial charge in [-0.3, -0.25) is 9.69 Å². The lowest BCUT2D eigenvalue weighted by molar-refractivity contribution is 0.0811. The average molecular weight is 360 g/mol. The van der Waals surface area contributed by atoms with Crippen molar-refractivity contribution in [3.05, 3.63) is 58.6 Å². The van der Waals surface area contributed by atoms with Gasteiger partial charge in [0.15, 0.2) is 17.3 Å². The van der Waals surface area contributed by atoms with Crippen LogP contribution in [0.15, 0.2) is 42.5 Å². The first-order chi connectivity index (χ1) is 12.1. The van der Waals surface area contributed by atoms with Crippen LogP contribution in [0.5, 0.6) is 11.5 Å². The number of phenols is 1. The molecule has 0 spiro atoms. The Bertz CT molecular complexity index is 745. The monoisotopic (exact) mass is 359 g/mol. The van der Waals surface area contributed by atoms with Gasteiger partial charge in [-0.2, -0.15) is 0 Å². The number of piperidine rings is 1. The molecule has 0 bridgehead atoms. The quantitative estimate of drug-likeness (QED) is 0.815. The highest BCUT2D eigenvalue weighted by Crippen LogP contribution is 2.28. The molecule has 0 radical (unpaired) electrons. The van der Waals surface area contributed by atoms with Gasteiger partial charge in [-0.05, 0) is 61.3 Å². The summed E-state index contributed by atoms with van der Waals surface area (Å²) in [6.45, 7) is 2.40. The predicted octanol–water partition coefficient (Wildman–Crippen LogP) is 4.15. The molecule has 0 aliphatic carbocycles. The number of methoxy groups -OCH3 is 1. The van der Waals surface area contributed by atoms with Gasteiger partial charge in [0.2, 0.25) is 0 Å². The number of likely N-dealkylation sites (tertiary alicyclic amines) is 1. The van der Waals surface area contributed by atoms with Crippen molar-refractivity contribution < 1.29 is 14.6 Å². The van der Waals surface area contributed by atoms with Crippen LogP contribution >= 0.6 is 11.6 Å². The van der Waals surface area contributed by atoms with Crippen molar-refractivity contribution >= 4 is 17.4 Å². The van der Waals surface area contributed by atoms with Gasteiger partial charge in [0.1, 0.15) is 0 Å². The van der Waals surface area contributed by atoms with Gasteiger partial charge >= 0.3 is 0 Å². The molecule has 1 unspecified atom stereocenters.